The van der Waals surface area contributed by atoms with Gasteiger partial charge < -0.3 is 19.5 Å². The van der Waals surface area contributed by atoms with Crippen molar-refractivity contribution in [2.45, 2.75) is 25.1 Å². The Labute approximate surface area is 198 Å². The van der Waals surface area contributed by atoms with Gasteiger partial charge >= 0.3 is 5.97 Å². The molecule has 0 radical (unpaired) electrons. The monoisotopic (exact) mass is 498 g/mol. The third kappa shape index (κ3) is 3.72. The number of halogens is 3. The van der Waals surface area contributed by atoms with Crippen LogP contribution in [0.5, 0.6) is 11.5 Å². The highest BCUT2D eigenvalue weighted by Crippen LogP contribution is 2.45. The van der Waals surface area contributed by atoms with Crippen molar-refractivity contribution >= 4 is 58.3 Å². The first-order valence-corrected chi connectivity index (χ1v) is 10.6. The number of anilines is 1. The molecule has 2 heterocycles. The molecular formula is C21H17Cl3N2O6. The van der Waals surface area contributed by atoms with Gasteiger partial charge in [0.15, 0.2) is 11.5 Å². The van der Waals surface area contributed by atoms with E-state index in [1.54, 1.807) is 12.1 Å². The molecule has 4 rings (SSSR count). The van der Waals surface area contributed by atoms with E-state index in [4.69, 9.17) is 49.0 Å². The van der Waals surface area contributed by atoms with Crippen LogP contribution in [0, 0.1) is 0 Å². The number of esters is 1. The zero-order valence-corrected chi connectivity index (χ0v) is 19.2. The number of ether oxygens (including phenoxy) is 3. The summed E-state index contributed by atoms with van der Waals surface area (Å²) in [6.07, 6.45) is -0.725. The van der Waals surface area contributed by atoms with Crippen LogP contribution in [0.4, 0.5) is 5.69 Å². The van der Waals surface area contributed by atoms with E-state index < -0.39 is 24.1 Å². The molecule has 2 aromatic carbocycles. The minimum Gasteiger partial charge on any atom is -0.493 e. The molecule has 2 aliphatic rings. The van der Waals surface area contributed by atoms with Crippen LogP contribution in [-0.2, 0) is 14.3 Å². The van der Waals surface area contributed by atoms with Gasteiger partial charge in [-0.1, -0.05) is 34.8 Å². The molecule has 0 saturated carbocycles. The van der Waals surface area contributed by atoms with E-state index in [-0.39, 0.29) is 50.8 Å². The minimum atomic E-state index is -1.08. The molecule has 2 atom stereocenters. The summed E-state index contributed by atoms with van der Waals surface area (Å²) in [6, 6.07) is 5.16. The van der Waals surface area contributed by atoms with Crippen LogP contribution in [-0.4, -0.2) is 42.9 Å². The molecule has 1 saturated heterocycles. The summed E-state index contributed by atoms with van der Waals surface area (Å²) in [6.45, 7) is 0. The second kappa shape index (κ2) is 8.69. The smallest absolute Gasteiger partial charge is 0.344 e. The lowest BCUT2D eigenvalue weighted by Gasteiger charge is -2.29. The molecule has 0 bridgehead atoms. The quantitative estimate of drug-likeness (QED) is 0.482. The number of nitrogens with zero attached hydrogens (tertiary/aromatic N) is 1. The molecule has 0 aromatic heterocycles. The van der Waals surface area contributed by atoms with E-state index in [0.29, 0.717) is 11.3 Å². The van der Waals surface area contributed by atoms with Gasteiger partial charge in [0.25, 0.3) is 0 Å². The van der Waals surface area contributed by atoms with E-state index in [1.807, 2.05) is 0 Å². The number of hydrogen-bond donors (Lipinski definition) is 1. The van der Waals surface area contributed by atoms with E-state index >= 15 is 0 Å². The fraction of sp³-hybridized carbons (Fsp3) is 0.286. The summed E-state index contributed by atoms with van der Waals surface area (Å²) in [5.74, 6) is -0.952. The summed E-state index contributed by atoms with van der Waals surface area (Å²) in [5, 5.41) is 3.33. The van der Waals surface area contributed by atoms with Gasteiger partial charge in [-0.3, -0.25) is 14.5 Å². The average molecular weight is 500 g/mol. The summed E-state index contributed by atoms with van der Waals surface area (Å²) < 4.78 is 16.1. The van der Waals surface area contributed by atoms with Crippen LogP contribution >= 0.6 is 34.8 Å². The van der Waals surface area contributed by atoms with Crippen molar-refractivity contribution in [3.8, 4) is 11.5 Å². The number of carbonyl (C=O) groups is 3. The number of nitrogens with one attached hydrogen (secondary N) is 1. The number of methoxy groups -OCH3 is 2. The van der Waals surface area contributed by atoms with E-state index in [2.05, 4.69) is 5.32 Å². The lowest BCUT2D eigenvalue weighted by molar-refractivity contribution is -0.144. The Morgan fingerprint density at radius 2 is 1.81 bits per heavy atom. The molecule has 0 aliphatic carbocycles. The lowest BCUT2D eigenvalue weighted by Crippen LogP contribution is -2.43. The predicted octanol–water partition coefficient (Wildman–Crippen LogP) is 4.46. The van der Waals surface area contributed by atoms with Crippen molar-refractivity contribution in [2.75, 3.05) is 19.5 Å². The maximum Gasteiger partial charge on any atom is 0.344 e. The highest BCUT2D eigenvalue weighted by atomic mass is 35.5. The minimum absolute atomic E-state index is 0.115. The molecule has 2 amide bonds. The molecule has 32 heavy (non-hydrogen) atoms. The summed E-state index contributed by atoms with van der Waals surface area (Å²) in [5.41, 5.74) is 0.817. The Kier molecular flexibility index (Phi) is 6.11. The second-order valence-corrected chi connectivity index (χ2v) is 8.34. The molecule has 1 N–H and O–H groups in total. The largest absolute Gasteiger partial charge is 0.493 e. The Morgan fingerprint density at radius 3 is 2.50 bits per heavy atom. The number of hydrogen-bond acceptors (Lipinski definition) is 6. The first-order chi connectivity index (χ1) is 15.3. The Bertz CT molecular complexity index is 1140. The molecule has 1 fully saturated rings. The fourth-order valence-corrected chi connectivity index (χ4v) is 4.47. The number of likely N-dealkylation sites (tertiary alicyclic amines) is 1. The van der Waals surface area contributed by atoms with Crippen molar-refractivity contribution in [3.05, 3.63) is 50.5 Å². The Balaban J connectivity index is 1.66. The van der Waals surface area contributed by atoms with Crippen LogP contribution in [0.3, 0.4) is 0 Å². The highest BCUT2D eigenvalue weighted by Gasteiger charge is 2.47. The third-order valence-electron chi connectivity index (χ3n) is 5.35. The van der Waals surface area contributed by atoms with Crippen molar-refractivity contribution in [1.29, 1.82) is 0 Å². The summed E-state index contributed by atoms with van der Waals surface area (Å²) >= 11 is 18.1. The molecule has 2 aromatic rings. The number of carbonyl (C=O) groups excluding carboxylic acids is 3. The highest BCUT2D eigenvalue weighted by molar-refractivity contribution is 6.44. The van der Waals surface area contributed by atoms with Gasteiger partial charge in [-0.25, -0.2) is 4.79 Å². The normalized spacial score (nSPS) is 19.6. The summed E-state index contributed by atoms with van der Waals surface area (Å²) in [7, 11) is 2.84. The average Bonchev–Trinajstić information content (AvgIpc) is 3.30. The maximum absolute atomic E-state index is 13.1. The van der Waals surface area contributed by atoms with Crippen molar-refractivity contribution in [2.24, 2.45) is 0 Å². The Morgan fingerprint density at radius 1 is 1.09 bits per heavy atom. The second-order valence-electron chi connectivity index (χ2n) is 7.11. The van der Waals surface area contributed by atoms with E-state index in [9.17, 15) is 14.4 Å². The molecule has 8 nitrogen and oxygen atoms in total. The van der Waals surface area contributed by atoms with Gasteiger partial charge in [0, 0.05) is 12.0 Å². The van der Waals surface area contributed by atoms with Gasteiger partial charge in [-0.05, 0) is 30.7 Å². The Hall–Kier alpha value is -2.68. The summed E-state index contributed by atoms with van der Waals surface area (Å²) in [4.78, 5) is 39.7. The van der Waals surface area contributed by atoms with Crippen molar-refractivity contribution in [1.82, 2.24) is 4.90 Å². The van der Waals surface area contributed by atoms with Crippen molar-refractivity contribution in [3.63, 3.8) is 0 Å². The third-order valence-corrected chi connectivity index (χ3v) is 6.38. The van der Waals surface area contributed by atoms with Gasteiger partial charge in [0.1, 0.15) is 11.6 Å². The lowest BCUT2D eigenvalue weighted by atomic mass is 10.1. The van der Waals surface area contributed by atoms with Gasteiger partial charge in [0.05, 0.1) is 35.0 Å². The number of cyclic esters (lactones) is 1. The predicted molar refractivity (Wildman–Crippen MR) is 118 cm³/mol. The van der Waals surface area contributed by atoms with Crippen LogP contribution in [0.25, 0.3) is 0 Å². The number of fused-ring (bicyclic) bond motifs is 1. The topological polar surface area (TPSA) is 94.2 Å². The number of benzene rings is 2. The van der Waals surface area contributed by atoms with Gasteiger partial charge in [-0.15, -0.1) is 0 Å². The first-order valence-electron chi connectivity index (χ1n) is 9.49. The zero-order valence-electron chi connectivity index (χ0n) is 16.9. The van der Waals surface area contributed by atoms with Crippen LogP contribution in [0.15, 0.2) is 24.3 Å². The van der Waals surface area contributed by atoms with Gasteiger partial charge in [0.2, 0.25) is 18.0 Å². The van der Waals surface area contributed by atoms with E-state index in [1.165, 1.54) is 31.3 Å². The van der Waals surface area contributed by atoms with E-state index in [0.717, 1.165) is 0 Å². The zero-order chi connectivity index (χ0) is 23.2. The van der Waals surface area contributed by atoms with Crippen LogP contribution in [0.1, 0.15) is 35.0 Å². The standard InChI is InChI=1S/C21H17Cl3N2O6/c1-30-15-5-3-9-17(18(15)31-2)21(29)32-20(9)26-14(4-6-16(26)27)19(28)25-13-8-11(23)10(22)7-12(13)24/h3,5,7-8,14,20H,4,6H2,1-2H3,(H,25,28). The van der Waals surface area contributed by atoms with Crippen LogP contribution in [0.2, 0.25) is 15.1 Å². The molecule has 168 valence electrons. The molecule has 2 unspecified atom stereocenters. The SMILES string of the molecule is COc1ccc2c(c1OC)C(=O)OC2N1C(=O)CCC1C(=O)Nc1cc(Cl)c(Cl)cc1Cl. The fourth-order valence-electron chi connectivity index (χ4n) is 3.88. The first kappa shape index (κ1) is 22.5. The molecule has 0 spiro atoms. The van der Waals surface area contributed by atoms with Crippen molar-refractivity contribution < 1.29 is 28.6 Å². The molecule has 11 heteroatoms. The van der Waals surface area contributed by atoms with Gasteiger partial charge in [-0.2, -0.15) is 0 Å². The van der Waals surface area contributed by atoms with Crippen LogP contribution < -0.4 is 14.8 Å². The maximum atomic E-state index is 13.1. The molecule has 2 aliphatic heterocycles. The number of amides is 2. The molecular weight excluding hydrogens is 483 g/mol. The number of rotatable bonds is 5.